The summed E-state index contributed by atoms with van der Waals surface area (Å²) in [7, 11) is -2.73. The van der Waals surface area contributed by atoms with Crippen LogP contribution in [0.3, 0.4) is 0 Å². The Morgan fingerprint density at radius 1 is 1.02 bits per heavy atom. The van der Waals surface area contributed by atoms with E-state index in [0.717, 1.165) is 12.8 Å². The molecule has 1 saturated carbocycles. The van der Waals surface area contributed by atoms with Crippen LogP contribution in [0.25, 0.3) is 10.9 Å². The first-order chi connectivity index (χ1) is 19.7. The smallest absolute Gasteiger partial charge is 0.261 e. The molecule has 0 bridgehead atoms. The van der Waals surface area contributed by atoms with Crippen molar-refractivity contribution in [3.63, 3.8) is 0 Å². The van der Waals surface area contributed by atoms with Crippen molar-refractivity contribution >= 4 is 58.8 Å². The third-order valence-electron chi connectivity index (χ3n) is 8.15. The van der Waals surface area contributed by atoms with Crippen molar-refractivity contribution in [2.45, 2.75) is 49.8 Å². The summed E-state index contributed by atoms with van der Waals surface area (Å²) in [6, 6.07) is 21.3. The summed E-state index contributed by atoms with van der Waals surface area (Å²) in [6.07, 6.45) is 4.11. The number of nitrogens with zero attached hydrogens (tertiary/aromatic N) is 4. The van der Waals surface area contributed by atoms with Crippen LogP contribution < -0.4 is 20.0 Å². The SMILES string of the molecule is CSc1nc2c3c(nc(Cl)c(F)c3n1)OC[C@H](C1CC1)N2CCO[Si](c1ccccc1)(c1ccccc1)C(C)(C)C. The largest absolute Gasteiger partial charge is 0.475 e. The van der Waals surface area contributed by atoms with Gasteiger partial charge in [0.15, 0.2) is 16.1 Å². The molecule has 2 aromatic heterocycles. The molecule has 0 saturated heterocycles. The zero-order valence-electron chi connectivity index (χ0n) is 23.7. The fourth-order valence-corrected chi connectivity index (χ4v) is 11.2. The summed E-state index contributed by atoms with van der Waals surface area (Å²) in [5.41, 5.74) is 0.142. The first-order valence-electron chi connectivity index (χ1n) is 14.0. The summed E-state index contributed by atoms with van der Waals surface area (Å²) >= 11 is 7.55. The zero-order chi connectivity index (χ0) is 28.8. The lowest BCUT2D eigenvalue weighted by atomic mass is 10.1. The highest BCUT2D eigenvalue weighted by Gasteiger charge is 2.50. The topological polar surface area (TPSA) is 60.4 Å². The number of thioether (sulfide) groups is 1. The molecule has 2 aromatic carbocycles. The average Bonchev–Trinajstić information content (AvgIpc) is 3.82. The van der Waals surface area contributed by atoms with Gasteiger partial charge in [0.25, 0.3) is 8.32 Å². The lowest BCUT2D eigenvalue weighted by Crippen LogP contribution is -2.67. The molecule has 0 radical (unpaired) electrons. The van der Waals surface area contributed by atoms with Gasteiger partial charge in [0.1, 0.15) is 23.3 Å². The Morgan fingerprint density at radius 2 is 1.66 bits per heavy atom. The van der Waals surface area contributed by atoms with Crippen molar-refractivity contribution in [2.24, 2.45) is 5.92 Å². The number of benzene rings is 2. The van der Waals surface area contributed by atoms with Crippen LogP contribution in [0.5, 0.6) is 5.88 Å². The normalized spacial score (nSPS) is 17.4. The number of pyridine rings is 1. The zero-order valence-corrected chi connectivity index (χ0v) is 26.3. The predicted octanol–water partition coefficient (Wildman–Crippen LogP) is 6.09. The molecule has 0 N–H and O–H groups in total. The molecule has 1 aliphatic carbocycles. The van der Waals surface area contributed by atoms with Gasteiger partial charge in [0.05, 0.1) is 12.6 Å². The third-order valence-corrected chi connectivity index (χ3v) is 14.0. The molecular weight excluding hydrogens is 575 g/mol. The van der Waals surface area contributed by atoms with Gasteiger partial charge in [0, 0.05) is 6.54 Å². The second-order valence-electron chi connectivity index (χ2n) is 11.7. The third kappa shape index (κ3) is 5.11. The van der Waals surface area contributed by atoms with Gasteiger partial charge >= 0.3 is 0 Å². The minimum absolute atomic E-state index is 0.0570. The van der Waals surface area contributed by atoms with E-state index in [0.29, 0.717) is 42.0 Å². The highest BCUT2D eigenvalue weighted by atomic mass is 35.5. The molecule has 6 rings (SSSR count). The van der Waals surface area contributed by atoms with Crippen LogP contribution >= 0.6 is 23.4 Å². The lowest BCUT2D eigenvalue weighted by molar-refractivity contribution is 0.252. The second kappa shape index (κ2) is 11.2. The Morgan fingerprint density at radius 3 is 2.22 bits per heavy atom. The molecule has 0 unspecified atom stereocenters. The van der Waals surface area contributed by atoms with Crippen LogP contribution in [-0.2, 0) is 4.43 Å². The molecule has 0 amide bonds. The van der Waals surface area contributed by atoms with E-state index >= 15 is 4.39 Å². The van der Waals surface area contributed by atoms with Crippen LogP contribution in [0, 0.1) is 11.7 Å². The number of hydrogen-bond acceptors (Lipinski definition) is 7. The van der Waals surface area contributed by atoms with Gasteiger partial charge in [-0.3, -0.25) is 0 Å². The van der Waals surface area contributed by atoms with Gasteiger partial charge in [-0.2, -0.15) is 4.98 Å². The van der Waals surface area contributed by atoms with E-state index in [1.165, 1.54) is 22.1 Å². The quantitative estimate of drug-likeness (QED) is 0.104. The van der Waals surface area contributed by atoms with Crippen molar-refractivity contribution in [1.82, 2.24) is 15.0 Å². The van der Waals surface area contributed by atoms with E-state index in [4.69, 9.17) is 25.7 Å². The summed E-state index contributed by atoms with van der Waals surface area (Å²) in [5, 5.41) is 3.04. The first-order valence-corrected chi connectivity index (χ1v) is 17.5. The fraction of sp³-hybridized carbons (Fsp3) is 0.387. The standard InChI is InChI=1S/C31H34ClFN4O2SSi/c1-31(2,3)41(21-11-7-5-8-12-21,22-13-9-6-10-14-22)39-18-17-37-23(20-15-16-20)19-38-29-24-26(25(33)27(32)35-29)34-30(40-4)36-28(24)37/h5-14,20,23H,15-19H2,1-4H3/t23-/m1/s1. The number of halogens is 2. The monoisotopic (exact) mass is 608 g/mol. The molecule has 1 aliphatic heterocycles. The molecule has 0 spiro atoms. The maximum atomic E-state index is 15.3. The molecule has 1 atom stereocenters. The van der Waals surface area contributed by atoms with Gasteiger partial charge in [-0.15, -0.1) is 0 Å². The van der Waals surface area contributed by atoms with Gasteiger partial charge in [-0.25, -0.2) is 14.4 Å². The van der Waals surface area contributed by atoms with Crippen molar-refractivity contribution < 1.29 is 13.6 Å². The van der Waals surface area contributed by atoms with Crippen LogP contribution in [0.4, 0.5) is 10.2 Å². The highest BCUT2D eigenvalue weighted by molar-refractivity contribution is 7.98. The van der Waals surface area contributed by atoms with Crippen molar-refractivity contribution in [3.8, 4) is 5.88 Å². The Kier molecular flexibility index (Phi) is 7.74. The van der Waals surface area contributed by atoms with Gasteiger partial charge in [-0.1, -0.05) is 105 Å². The Balaban J connectivity index is 1.43. The molecule has 1 fully saturated rings. The highest BCUT2D eigenvalue weighted by Crippen LogP contribution is 2.44. The van der Waals surface area contributed by atoms with Crippen LogP contribution in [0.1, 0.15) is 33.6 Å². The maximum absolute atomic E-state index is 15.3. The molecule has 2 aliphatic rings. The van der Waals surface area contributed by atoms with Gasteiger partial charge in [0.2, 0.25) is 5.88 Å². The Hall–Kier alpha value is -2.72. The first kappa shape index (κ1) is 28.4. The summed E-state index contributed by atoms with van der Waals surface area (Å²) in [4.78, 5) is 15.9. The number of hydrogen-bond donors (Lipinski definition) is 0. The Labute approximate surface area is 250 Å². The van der Waals surface area contributed by atoms with Crippen LogP contribution in [0.2, 0.25) is 10.2 Å². The van der Waals surface area contributed by atoms with Gasteiger partial charge < -0.3 is 14.1 Å². The lowest BCUT2D eigenvalue weighted by Gasteiger charge is -2.43. The summed E-state index contributed by atoms with van der Waals surface area (Å²) < 4.78 is 28.7. The summed E-state index contributed by atoms with van der Waals surface area (Å²) in [6.45, 7) is 8.28. The molecule has 3 heterocycles. The van der Waals surface area contributed by atoms with Crippen molar-refractivity contribution in [2.75, 3.05) is 30.9 Å². The van der Waals surface area contributed by atoms with Gasteiger partial charge in [-0.05, 0) is 40.4 Å². The number of anilines is 1. The van der Waals surface area contributed by atoms with E-state index in [9.17, 15) is 0 Å². The molecule has 10 heteroatoms. The molecule has 4 aromatic rings. The molecule has 214 valence electrons. The summed E-state index contributed by atoms with van der Waals surface area (Å²) in [5.74, 6) is 0.731. The minimum atomic E-state index is -2.73. The fourth-order valence-electron chi connectivity index (χ4n) is 6.09. The number of rotatable bonds is 8. The number of aromatic nitrogens is 3. The molecule has 6 nitrogen and oxygen atoms in total. The average molecular weight is 609 g/mol. The van der Waals surface area contributed by atoms with E-state index in [1.807, 2.05) is 18.4 Å². The van der Waals surface area contributed by atoms with Crippen LogP contribution in [-0.4, -0.2) is 55.3 Å². The van der Waals surface area contributed by atoms with E-state index in [-0.39, 0.29) is 27.6 Å². The Bertz CT molecular complexity index is 1510. The van der Waals surface area contributed by atoms with Crippen molar-refractivity contribution in [1.29, 1.82) is 0 Å². The van der Waals surface area contributed by atoms with E-state index in [2.05, 4.69) is 84.2 Å². The van der Waals surface area contributed by atoms with E-state index in [1.54, 1.807) is 0 Å². The minimum Gasteiger partial charge on any atom is -0.475 e. The predicted molar refractivity (Wildman–Crippen MR) is 167 cm³/mol. The molecular formula is C31H34ClFN4O2SSi. The van der Waals surface area contributed by atoms with Crippen LogP contribution in [0.15, 0.2) is 65.8 Å². The van der Waals surface area contributed by atoms with Crippen molar-refractivity contribution in [3.05, 3.63) is 71.6 Å². The van der Waals surface area contributed by atoms with E-state index < -0.39 is 14.1 Å². The molecule has 41 heavy (non-hydrogen) atoms. The number of ether oxygens (including phenoxy) is 1. The maximum Gasteiger partial charge on any atom is 0.261 e. The second-order valence-corrected chi connectivity index (χ2v) is 17.1.